The molecule has 2 rings (SSSR count). The molecule has 0 radical (unpaired) electrons. The lowest BCUT2D eigenvalue weighted by atomic mass is 9.96. The average molecular weight is 236 g/mol. The summed E-state index contributed by atoms with van der Waals surface area (Å²) in [5.74, 6) is 0.302. The van der Waals surface area contributed by atoms with Crippen LogP contribution in [0.25, 0.3) is 0 Å². The summed E-state index contributed by atoms with van der Waals surface area (Å²) < 4.78 is 4.97. The maximum absolute atomic E-state index is 10.9. The van der Waals surface area contributed by atoms with E-state index in [1.807, 2.05) is 6.07 Å². The van der Waals surface area contributed by atoms with Crippen molar-refractivity contribution in [1.29, 1.82) is 0 Å². The van der Waals surface area contributed by atoms with Crippen molar-refractivity contribution in [2.75, 3.05) is 13.7 Å². The fourth-order valence-electron chi connectivity index (χ4n) is 2.05. The van der Waals surface area contributed by atoms with Gasteiger partial charge in [-0.25, -0.2) is 0 Å². The van der Waals surface area contributed by atoms with Gasteiger partial charge in [0.1, 0.15) is 0 Å². The number of nitrogens with two attached hydrogens (primary N) is 1. The standard InChI is InChI=1S/C12H16N2O3/c1-17-11-3-2-9(6-10(11)14(15)16)7-12(8-13)4-5-12/h2-3,6H,4-5,7-8,13H2,1H3. The van der Waals surface area contributed by atoms with Crippen molar-refractivity contribution >= 4 is 5.69 Å². The normalized spacial score (nSPS) is 16.6. The van der Waals surface area contributed by atoms with Crippen molar-refractivity contribution in [3.63, 3.8) is 0 Å². The molecule has 1 aromatic rings. The SMILES string of the molecule is COc1ccc(CC2(CN)CC2)cc1[N+](=O)[O-]. The smallest absolute Gasteiger partial charge is 0.311 e. The predicted octanol–water partition coefficient (Wildman–Crippen LogP) is 1.88. The van der Waals surface area contributed by atoms with Crippen LogP contribution in [-0.4, -0.2) is 18.6 Å². The van der Waals surface area contributed by atoms with Gasteiger partial charge in [-0.3, -0.25) is 10.1 Å². The van der Waals surface area contributed by atoms with Gasteiger partial charge in [0.25, 0.3) is 0 Å². The lowest BCUT2D eigenvalue weighted by molar-refractivity contribution is -0.385. The molecule has 1 fully saturated rings. The van der Waals surface area contributed by atoms with Gasteiger partial charge in [-0.1, -0.05) is 6.07 Å². The molecular weight excluding hydrogens is 220 g/mol. The number of nitro benzene ring substituents is 1. The van der Waals surface area contributed by atoms with Crippen molar-refractivity contribution in [3.05, 3.63) is 33.9 Å². The van der Waals surface area contributed by atoms with Crippen LogP contribution in [-0.2, 0) is 6.42 Å². The van der Waals surface area contributed by atoms with E-state index in [0.717, 1.165) is 24.8 Å². The molecule has 0 aliphatic heterocycles. The number of benzene rings is 1. The van der Waals surface area contributed by atoms with E-state index in [2.05, 4.69) is 0 Å². The van der Waals surface area contributed by atoms with Gasteiger partial charge in [-0.2, -0.15) is 0 Å². The minimum atomic E-state index is -0.412. The molecule has 0 amide bonds. The molecule has 0 spiro atoms. The van der Waals surface area contributed by atoms with E-state index >= 15 is 0 Å². The number of rotatable bonds is 5. The summed E-state index contributed by atoms with van der Waals surface area (Å²) in [4.78, 5) is 10.5. The molecule has 2 N–H and O–H groups in total. The maximum Gasteiger partial charge on any atom is 0.311 e. The summed E-state index contributed by atoms with van der Waals surface area (Å²) in [7, 11) is 1.43. The van der Waals surface area contributed by atoms with Crippen LogP contribution < -0.4 is 10.5 Å². The summed E-state index contributed by atoms with van der Waals surface area (Å²) in [5, 5.41) is 10.9. The summed E-state index contributed by atoms with van der Waals surface area (Å²) >= 11 is 0. The Hall–Kier alpha value is -1.62. The Bertz CT molecular complexity index is 441. The third-order valence-corrected chi connectivity index (χ3v) is 3.41. The van der Waals surface area contributed by atoms with E-state index < -0.39 is 4.92 Å². The van der Waals surface area contributed by atoms with Crippen molar-refractivity contribution in [1.82, 2.24) is 0 Å². The molecule has 5 heteroatoms. The van der Waals surface area contributed by atoms with E-state index in [-0.39, 0.29) is 11.1 Å². The van der Waals surface area contributed by atoms with Gasteiger partial charge in [0.05, 0.1) is 12.0 Å². The second-order valence-electron chi connectivity index (χ2n) is 4.64. The Morgan fingerprint density at radius 1 is 1.53 bits per heavy atom. The molecule has 1 aliphatic rings. The second kappa shape index (κ2) is 4.33. The van der Waals surface area contributed by atoms with Crippen LogP contribution in [0.2, 0.25) is 0 Å². The third kappa shape index (κ3) is 2.39. The highest BCUT2D eigenvalue weighted by atomic mass is 16.6. The summed E-state index contributed by atoms with van der Waals surface area (Å²) in [6.07, 6.45) is 3.04. The minimum absolute atomic E-state index is 0.0258. The van der Waals surface area contributed by atoms with Crippen molar-refractivity contribution < 1.29 is 9.66 Å². The van der Waals surface area contributed by atoms with Gasteiger partial charge >= 0.3 is 5.69 Å². The largest absolute Gasteiger partial charge is 0.490 e. The molecule has 1 aliphatic carbocycles. The highest BCUT2D eigenvalue weighted by Crippen LogP contribution is 2.47. The summed E-state index contributed by atoms with van der Waals surface area (Å²) in [5.41, 5.74) is 6.88. The highest BCUT2D eigenvalue weighted by molar-refractivity contribution is 5.49. The zero-order chi connectivity index (χ0) is 12.5. The van der Waals surface area contributed by atoms with Gasteiger partial charge in [-0.15, -0.1) is 0 Å². The highest BCUT2D eigenvalue weighted by Gasteiger charge is 2.41. The molecule has 0 unspecified atom stereocenters. The average Bonchev–Trinajstić information content (AvgIpc) is 3.09. The van der Waals surface area contributed by atoms with Gasteiger partial charge in [-0.05, 0) is 42.9 Å². The second-order valence-corrected chi connectivity index (χ2v) is 4.64. The maximum atomic E-state index is 10.9. The van der Waals surface area contributed by atoms with E-state index in [1.165, 1.54) is 7.11 Å². The number of hydrogen-bond donors (Lipinski definition) is 1. The number of hydrogen-bond acceptors (Lipinski definition) is 4. The van der Waals surface area contributed by atoms with Crippen molar-refractivity contribution in [3.8, 4) is 5.75 Å². The van der Waals surface area contributed by atoms with Gasteiger partial charge in [0, 0.05) is 6.07 Å². The van der Waals surface area contributed by atoms with Gasteiger partial charge in [0.2, 0.25) is 0 Å². The number of methoxy groups -OCH3 is 1. The molecule has 0 heterocycles. The molecule has 0 aromatic heterocycles. The van der Waals surface area contributed by atoms with Crippen molar-refractivity contribution in [2.45, 2.75) is 19.3 Å². The first-order chi connectivity index (χ1) is 8.10. The van der Waals surface area contributed by atoms with E-state index in [4.69, 9.17) is 10.5 Å². The molecule has 1 aromatic carbocycles. The quantitative estimate of drug-likeness (QED) is 0.625. The molecule has 5 nitrogen and oxygen atoms in total. The summed E-state index contributed by atoms with van der Waals surface area (Å²) in [6, 6.07) is 5.12. The van der Waals surface area contributed by atoms with E-state index in [0.29, 0.717) is 12.3 Å². The Kier molecular flexibility index (Phi) is 3.02. The molecule has 0 saturated heterocycles. The molecule has 1 saturated carbocycles. The van der Waals surface area contributed by atoms with Gasteiger partial charge in [0.15, 0.2) is 5.75 Å². The molecule has 17 heavy (non-hydrogen) atoms. The van der Waals surface area contributed by atoms with Crippen LogP contribution in [0, 0.1) is 15.5 Å². The minimum Gasteiger partial charge on any atom is -0.490 e. The lowest BCUT2D eigenvalue weighted by Gasteiger charge is -2.12. The van der Waals surface area contributed by atoms with Crippen LogP contribution in [0.4, 0.5) is 5.69 Å². The molecular formula is C12H16N2O3. The van der Waals surface area contributed by atoms with E-state index in [9.17, 15) is 10.1 Å². The van der Waals surface area contributed by atoms with Crippen LogP contribution in [0.15, 0.2) is 18.2 Å². The Balaban J connectivity index is 2.24. The predicted molar refractivity (Wildman–Crippen MR) is 64.1 cm³/mol. The first-order valence-corrected chi connectivity index (χ1v) is 5.62. The third-order valence-electron chi connectivity index (χ3n) is 3.41. The van der Waals surface area contributed by atoms with Crippen molar-refractivity contribution in [2.24, 2.45) is 11.1 Å². The number of nitrogens with zero attached hydrogens (tertiary/aromatic N) is 1. The van der Waals surface area contributed by atoms with Crippen LogP contribution in [0.1, 0.15) is 18.4 Å². The summed E-state index contributed by atoms with van der Waals surface area (Å²) in [6.45, 7) is 0.646. The zero-order valence-corrected chi connectivity index (χ0v) is 9.81. The van der Waals surface area contributed by atoms with Crippen LogP contribution in [0.3, 0.4) is 0 Å². The molecule has 0 atom stereocenters. The monoisotopic (exact) mass is 236 g/mol. The first-order valence-electron chi connectivity index (χ1n) is 5.62. The number of nitro groups is 1. The molecule has 0 bridgehead atoms. The fraction of sp³-hybridized carbons (Fsp3) is 0.500. The zero-order valence-electron chi connectivity index (χ0n) is 9.81. The topological polar surface area (TPSA) is 78.4 Å². The van der Waals surface area contributed by atoms with Crippen LogP contribution in [0.5, 0.6) is 5.75 Å². The fourth-order valence-corrected chi connectivity index (χ4v) is 2.05. The Labute approximate surface area is 99.7 Å². The molecule has 92 valence electrons. The van der Waals surface area contributed by atoms with Gasteiger partial charge < -0.3 is 10.5 Å². The van der Waals surface area contributed by atoms with Crippen LogP contribution >= 0.6 is 0 Å². The number of ether oxygens (including phenoxy) is 1. The Morgan fingerprint density at radius 2 is 2.24 bits per heavy atom. The Morgan fingerprint density at radius 3 is 2.71 bits per heavy atom. The lowest BCUT2D eigenvalue weighted by Crippen LogP contribution is -2.17. The van der Waals surface area contributed by atoms with E-state index in [1.54, 1.807) is 12.1 Å². The first kappa shape index (κ1) is 11.9.